The molecular weight excluding hydrogens is 382 g/mol. The van der Waals surface area contributed by atoms with Gasteiger partial charge in [-0.3, -0.25) is 4.79 Å². The monoisotopic (exact) mass is 404 g/mol. The number of hydrogen-bond donors (Lipinski definition) is 0. The van der Waals surface area contributed by atoms with E-state index in [2.05, 4.69) is 24.8 Å². The van der Waals surface area contributed by atoms with E-state index < -0.39 is 13.0 Å². The highest BCUT2D eigenvalue weighted by Crippen LogP contribution is 2.33. The molecule has 2 aliphatic rings. The minimum atomic E-state index is -2.66. The average Bonchev–Trinajstić information content (AvgIpc) is 2.99. The Labute approximate surface area is 166 Å². The first-order chi connectivity index (χ1) is 13.9. The molecule has 1 amide bonds. The number of piperidine rings is 1. The number of likely N-dealkylation sites (tertiary alicyclic amines) is 1. The third-order valence-corrected chi connectivity index (χ3v) is 5.14. The first kappa shape index (κ1) is 19.4. The first-order valence-electron chi connectivity index (χ1n) is 9.51. The van der Waals surface area contributed by atoms with Crippen LogP contribution in [0.15, 0.2) is 18.5 Å². The minimum absolute atomic E-state index is 0.0383. The Kier molecular flexibility index (Phi) is 5.25. The van der Waals surface area contributed by atoms with Crippen LogP contribution in [0.3, 0.4) is 0 Å². The number of aromatic nitrogens is 4. The lowest BCUT2D eigenvalue weighted by Gasteiger charge is -2.32. The van der Waals surface area contributed by atoms with Gasteiger partial charge in [0, 0.05) is 49.5 Å². The number of carbonyl (C=O) groups excluding carboxylic acids is 1. The van der Waals surface area contributed by atoms with E-state index in [1.54, 1.807) is 4.90 Å². The molecule has 0 spiro atoms. The molecule has 0 radical (unpaired) electrons. The third kappa shape index (κ3) is 4.10. The molecule has 29 heavy (non-hydrogen) atoms. The molecule has 0 N–H and O–H groups in total. The highest BCUT2D eigenvalue weighted by atomic mass is 19.3. The van der Waals surface area contributed by atoms with E-state index in [9.17, 15) is 13.6 Å². The highest BCUT2D eigenvalue weighted by molar-refractivity contribution is 5.94. The van der Waals surface area contributed by atoms with Gasteiger partial charge in [-0.05, 0) is 32.3 Å². The molecule has 8 nitrogen and oxygen atoms in total. The minimum Gasteiger partial charge on any atom is -0.470 e. The molecule has 0 aromatic carbocycles. The fraction of sp³-hybridized carbons (Fsp3) is 0.526. The molecule has 4 heterocycles. The van der Waals surface area contributed by atoms with E-state index in [0.717, 1.165) is 24.4 Å². The maximum atomic E-state index is 13.0. The molecule has 2 aromatic rings. The largest absolute Gasteiger partial charge is 0.470 e. The Morgan fingerprint density at radius 3 is 2.62 bits per heavy atom. The molecule has 0 saturated carbocycles. The van der Waals surface area contributed by atoms with Crippen molar-refractivity contribution in [1.29, 1.82) is 0 Å². The third-order valence-electron chi connectivity index (χ3n) is 5.14. The zero-order chi connectivity index (χ0) is 20.5. The number of alkyl halides is 2. The summed E-state index contributed by atoms with van der Waals surface area (Å²) in [5.74, 6) is 0.444. The van der Waals surface area contributed by atoms with Crippen LogP contribution in [0.1, 0.15) is 28.3 Å². The smallest absolute Gasteiger partial charge is 0.278 e. The second-order valence-electron chi connectivity index (χ2n) is 7.48. The second-order valence-corrected chi connectivity index (χ2v) is 7.48. The fourth-order valence-electron chi connectivity index (χ4n) is 4.08. The molecule has 2 aliphatic heterocycles. The van der Waals surface area contributed by atoms with Crippen LogP contribution >= 0.6 is 0 Å². The van der Waals surface area contributed by atoms with Gasteiger partial charge in [0.05, 0.1) is 0 Å². The summed E-state index contributed by atoms with van der Waals surface area (Å²) in [4.78, 5) is 34.0. The van der Waals surface area contributed by atoms with Crippen molar-refractivity contribution in [3.8, 4) is 5.88 Å². The predicted octanol–water partition coefficient (Wildman–Crippen LogP) is 1.88. The van der Waals surface area contributed by atoms with Crippen molar-refractivity contribution in [2.45, 2.75) is 32.7 Å². The number of hydrogen-bond acceptors (Lipinski definition) is 7. The molecular formula is C19H22F2N6O2. The van der Waals surface area contributed by atoms with Crippen LogP contribution in [0.5, 0.6) is 5.88 Å². The van der Waals surface area contributed by atoms with Crippen LogP contribution in [0.4, 0.5) is 14.7 Å². The number of aryl methyl sites for hydroxylation is 2. The Balaban J connectivity index is 1.52. The number of carbonyl (C=O) groups is 1. The summed E-state index contributed by atoms with van der Waals surface area (Å²) in [7, 11) is 0. The van der Waals surface area contributed by atoms with Gasteiger partial charge in [-0.15, -0.1) is 0 Å². The number of rotatable bonds is 5. The number of amides is 1. The van der Waals surface area contributed by atoms with Crippen molar-refractivity contribution in [2.75, 3.05) is 31.1 Å². The first-order valence-corrected chi connectivity index (χ1v) is 9.51. The molecule has 10 heteroatoms. The fourth-order valence-corrected chi connectivity index (χ4v) is 4.08. The van der Waals surface area contributed by atoms with Gasteiger partial charge in [0.25, 0.3) is 12.3 Å². The Bertz CT molecular complexity index is 892. The van der Waals surface area contributed by atoms with Crippen molar-refractivity contribution in [2.24, 2.45) is 5.92 Å². The van der Waals surface area contributed by atoms with Crippen LogP contribution < -0.4 is 9.64 Å². The normalized spacial score (nSPS) is 21.0. The predicted molar refractivity (Wildman–Crippen MR) is 100 cm³/mol. The maximum absolute atomic E-state index is 13.0. The van der Waals surface area contributed by atoms with Gasteiger partial charge < -0.3 is 14.5 Å². The number of nitrogens with zero attached hydrogens (tertiary/aromatic N) is 6. The topological polar surface area (TPSA) is 84.3 Å². The number of halogens is 2. The molecule has 2 aromatic heterocycles. The van der Waals surface area contributed by atoms with Crippen molar-refractivity contribution < 1.29 is 18.3 Å². The quantitative estimate of drug-likeness (QED) is 0.752. The summed E-state index contributed by atoms with van der Waals surface area (Å²) in [5.41, 5.74) is 1.77. The molecule has 4 rings (SSSR count). The van der Waals surface area contributed by atoms with Crippen LogP contribution in [0.2, 0.25) is 0 Å². The van der Waals surface area contributed by atoms with Gasteiger partial charge >= 0.3 is 0 Å². The molecule has 2 atom stereocenters. The lowest BCUT2D eigenvalue weighted by atomic mass is 10.00. The molecule has 0 aliphatic carbocycles. The van der Waals surface area contributed by atoms with E-state index in [0.29, 0.717) is 19.0 Å². The summed E-state index contributed by atoms with van der Waals surface area (Å²) in [6.07, 6.45) is 0.972. The van der Waals surface area contributed by atoms with Crippen LogP contribution in [-0.2, 0) is 0 Å². The van der Waals surface area contributed by atoms with Gasteiger partial charge in [0.15, 0.2) is 12.3 Å². The summed E-state index contributed by atoms with van der Waals surface area (Å²) in [6, 6.07) is 2.03. The van der Waals surface area contributed by atoms with Crippen LogP contribution in [0, 0.1) is 19.8 Å². The summed E-state index contributed by atoms with van der Waals surface area (Å²) < 4.78 is 30.0. The highest BCUT2D eigenvalue weighted by Gasteiger charge is 2.42. The maximum Gasteiger partial charge on any atom is 0.278 e. The van der Waals surface area contributed by atoms with E-state index in [-0.39, 0.29) is 29.4 Å². The Morgan fingerprint density at radius 2 is 1.90 bits per heavy atom. The Hall–Kier alpha value is -2.91. The zero-order valence-corrected chi connectivity index (χ0v) is 16.3. The van der Waals surface area contributed by atoms with Crippen molar-refractivity contribution in [1.82, 2.24) is 24.8 Å². The van der Waals surface area contributed by atoms with Gasteiger partial charge in [0.2, 0.25) is 11.8 Å². The summed E-state index contributed by atoms with van der Waals surface area (Å²) >= 11 is 0. The number of anilines is 1. The molecule has 2 bridgehead atoms. The average molecular weight is 404 g/mol. The van der Waals surface area contributed by atoms with Crippen molar-refractivity contribution in [3.63, 3.8) is 0 Å². The lowest BCUT2D eigenvalue weighted by Crippen LogP contribution is -2.46. The van der Waals surface area contributed by atoms with Gasteiger partial charge in [-0.2, -0.15) is 0 Å². The zero-order valence-electron chi connectivity index (χ0n) is 16.3. The SMILES string of the molecule is Cc1cc(C)nc(N2CC3CC2CN(C(=O)c2nccnc2OCC(F)F)C3)n1. The second kappa shape index (κ2) is 7.84. The standard InChI is InChI=1S/C19H22F2N6O2/c1-11-5-12(2)25-19(24-11)27-8-13-6-14(27)9-26(7-13)18(28)16-17(23-4-3-22-16)29-10-15(20)21/h3-5,13-15H,6-10H2,1-2H3. The van der Waals surface area contributed by atoms with Gasteiger partial charge in [-0.1, -0.05) is 0 Å². The summed E-state index contributed by atoms with van der Waals surface area (Å²) in [6.45, 7) is 4.85. The number of fused-ring (bicyclic) bond motifs is 2. The summed E-state index contributed by atoms with van der Waals surface area (Å²) in [5, 5.41) is 0. The van der Waals surface area contributed by atoms with Crippen molar-refractivity contribution >= 4 is 11.9 Å². The van der Waals surface area contributed by atoms with Gasteiger partial charge in [-0.25, -0.2) is 28.7 Å². The van der Waals surface area contributed by atoms with Crippen molar-refractivity contribution in [3.05, 3.63) is 35.5 Å². The van der Waals surface area contributed by atoms with Crippen LogP contribution in [0.25, 0.3) is 0 Å². The van der Waals surface area contributed by atoms with Gasteiger partial charge in [0.1, 0.15) is 0 Å². The van der Waals surface area contributed by atoms with E-state index in [1.807, 2.05) is 19.9 Å². The Morgan fingerprint density at radius 1 is 1.17 bits per heavy atom. The lowest BCUT2D eigenvalue weighted by molar-refractivity contribution is 0.0648. The van der Waals surface area contributed by atoms with E-state index >= 15 is 0 Å². The molecule has 154 valence electrons. The van der Waals surface area contributed by atoms with E-state index in [4.69, 9.17) is 4.74 Å². The molecule has 2 saturated heterocycles. The molecule has 2 fully saturated rings. The van der Waals surface area contributed by atoms with Crippen LogP contribution in [-0.4, -0.2) is 69.5 Å². The number of ether oxygens (including phenoxy) is 1. The van der Waals surface area contributed by atoms with E-state index in [1.165, 1.54) is 12.4 Å². The molecule has 2 unspecified atom stereocenters.